The minimum atomic E-state index is -3.94. The zero-order valence-corrected chi connectivity index (χ0v) is 17.8. The van der Waals surface area contributed by atoms with Crippen LogP contribution in [0.2, 0.25) is 0 Å². The molecule has 1 heterocycles. The normalized spacial score (nSPS) is 17.0. The predicted molar refractivity (Wildman–Crippen MR) is 118 cm³/mol. The summed E-state index contributed by atoms with van der Waals surface area (Å²) in [4.78, 5) is 13.7. The lowest BCUT2D eigenvalue weighted by Gasteiger charge is -2.32. The molecular weight excluding hydrogens is 394 g/mol. The van der Waals surface area contributed by atoms with E-state index in [9.17, 15) is 13.2 Å². The fourth-order valence-electron chi connectivity index (χ4n) is 3.72. The summed E-state index contributed by atoms with van der Waals surface area (Å²) in [5.41, 5.74) is 4.62. The first-order chi connectivity index (χ1) is 14.4. The summed E-state index contributed by atoms with van der Waals surface area (Å²) in [5, 5.41) is 0. The average molecular weight is 418 g/mol. The van der Waals surface area contributed by atoms with Crippen LogP contribution in [0.25, 0.3) is 5.57 Å². The van der Waals surface area contributed by atoms with Gasteiger partial charge < -0.3 is 0 Å². The van der Waals surface area contributed by atoms with Crippen molar-refractivity contribution >= 4 is 21.5 Å². The SMILES string of the molecule is Cc1ccc(C2=CCN(S(=O)(=O)c3ccc(C)cc3)C(=O)C2c2ccccc2)cc1. The molecule has 0 spiro atoms. The summed E-state index contributed by atoms with van der Waals surface area (Å²) >= 11 is 0. The summed E-state index contributed by atoms with van der Waals surface area (Å²) in [7, 11) is -3.94. The molecule has 0 aliphatic carbocycles. The van der Waals surface area contributed by atoms with Gasteiger partial charge in [-0.05, 0) is 42.7 Å². The maximum absolute atomic E-state index is 13.6. The van der Waals surface area contributed by atoms with E-state index in [1.807, 2.05) is 74.5 Å². The zero-order valence-electron chi connectivity index (χ0n) is 16.9. The topological polar surface area (TPSA) is 54.5 Å². The molecular formula is C25H23NO3S. The van der Waals surface area contributed by atoms with Gasteiger partial charge in [0.05, 0.1) is 17.4 Å². The second-order valence-electron chi connectivity index (χ2n) is 7.56. The highest BCUT2D eigenvalue weighted by molar-refractivity contribution is 7.89. The number of hydrogen-bond donors (Lipinski definition) is 0. The van der Waals surface area contributed by atoms with Gasteiger partial charge in [0.2, 0.25) is 5.91 Å². The van der Waals surface area contributed by atoms with Crippen molar-refractivity contribution in [3.05, 3.63) is 107 Å². The standard InChI is InChI=1S/C25H23NO3S/c1-18-8-12-20(13-9-18)23-16-17-26(25(27)24(23)21-6-4-3-5-7-21)30(28,29)22-14-10-19(2)11-15-22/h3-16,24H,17H2,1-2H3. The van der Waals surface area contributed by atoms with E-state index in [1.165, 1.54) is 0 Å². The largest absolute Gasteiger partial charge is 0.273 e. The molecule has 4 rings (SSSR count). The zero-order chi connectivity index (χ0) is 21.3. The Hall–Kier alpha value is -3.18. The van der Waals surface area contributed by atoms with Crippen molar-refractivity contribution in [2.75, 3.05) is 6.54 Å². The van der Waals surface area contributed by atoms with E-state index in [0.717, 1.165) is 32.1 Å². The van der Waals surface area contributed by atoms with Crippen molar-refractivity contribution in [1.29, 1.82) is 0 Å². The Kier molecular flexibility index (Phi) is 5.31. The highest BCUT2D eigenvalue weighted by Gasteiger charge is 2.39. The van der Waals surface area contributed by atoms with Crippen LogP contribution >= 0.6 is 0 Å². The summed E-state index contributed by atoms with van der Waals surface area (Å²) in [5.74, 6) is -1.11. The van der Waals surface area contributed by atoms with E-state index in [1.54, 1.807) is 24.3 Å². The Bertz CT molecular complexity index is 1200. The summed E-state index contributed by atoms with van der Waals surface area (Å²) in [6.07, 6.45) is 1.86. The van der Waals surface area contributed by atoms with Gasteiger partial charge in [-0.15, -0.1) is 0 Å². The molecule has 1 atom stereocenters. The van der Waals surface area contributed by atoms with Crippen LogP contribution in [-0.4, -0.2) is 25.2 Å². The lowest BCUT2D eigenvalue weighted by Crippen LogP contribution is -2.43. The molecule has 0 aromatic heterocycles. The molecule has 0 N–H and O–H groups in total. The molecule has 30 heavy (non-hydrogen) atoms. The Labute approximate surface area is 177 Å². The smallest absolute Gasteiger partial charge is 0.266 e. The van der Waals surface area contributed by atoms with E-state index in [4.69, 9.17) is 0 Å². The Morgan fingerprint density at radius 3 is 1.97 bits per heavy atom. The van der Waals surface area contributed by atoms with Crippen LogP contribution in [0, 0.1) is 13.8 Å². The molecule has 4 nitrogen and oxygen atoms in total. The predicted octanol–water partition coefficient (Wildman–Crippen LogP) is 4.70. The number of carbonyl (C=O) groups excluding carboxylic acids is 1. The van der Waals surface area contributed by atoms with Crippen LogP contribution in [0.3, 0.4) is 0 Å². The third kappa shape index (κ3) is 3.68. The van der Waals surface area contributed by atoms with Crippen molar-refractivity contribution < 1.29 is 13.2 Å². The fraction of sp³-hybridized carbons (Fsp3) is 0.160. The van der Waals surface area contributed by atoms with Crippen LogP contribution in [-0.2, 0) is 14.8 Å². The van der Waals surface area contributed by atoms with Crippen molar-refractivity contribution in [3.8, 4) is 0 Å². The van der Waals surface area contributed by atoms with E-state index >= 15 is 0 Å². The molecule has 3 aromatic carbocycles. The molecule has 0 saturated carbocycles. The first-order valence-corrected chi connectivity index (χ1v) is 11.3. The first kappa shape index (κ1) is 20.1. The number of nitrogens with zero attached hydrogens (tertiary/aromatic N) is 1. The number of aryl methyl sites for hydroxylation is 2. The van der Waals surface area contributed by atoms with Crippen LogP contribution in [0.1, 0.15) is 28.2 Å². The third-order valence-electron chi connectivity index (χ3n) is 5.41. The lowest BCUT2D eigenvalue weighted by atomic mass is 9.84. The maximum Gasteiger partial charge on any atom is 0.266 e. The number of carbonyl (C=O) groups is 1. The van der Waals surface area contributed by atoms with Crippen molar-refractivity contribution in [2.24, 2.45) is 0 Å². The highest BCUT2D eigenvalue weighted by Crippen LogP contribution is 2.38. The minimum absolute atomic E-state index is 0.0155. The molecule has 1 unspecified atom stereocenters. The maximum atomic E-state index is 13.6. The number of hydrogen-bond acceptors (Lipinski definition) is 3. The summed E-state index contributed by atoms with van der Waals surface area (Å²) in [6.45, 7) is 3.92. The number of amides is 1. The molecule has 3 aromatic rings. The number of rotatable bonds is 4. The van der Waals surface area contributed by atoms with Gasteiger partial charge in [0.15, 0.2) is 0 Å². The molecule has 1 amide bonds. The highest BCUT2D eigenvalue weighted by atomic mass is 32.2. The monoisotopic (exact) mass is 417 g/mol. The fourth-order valence-corrected chi connectivity index (χ4v) is 5.07. The molecule has 152 valence electrons. The van der Waals surface area contributed by atoms with Gasteiger partial charge in [-0.3, -0.25) is 4.79 Å². The molecule has 0 fully saturated rings. The second kappa shape index (κ2) is 7.92. The molecule has 0 bridgehead atoms. The summed E-state index contributed by atoms with van der Waals surface area (Å²) < 4.78 is 27.5. The van der Waals surface area contributed by atoms with Gasteiger partial charge in [0.25, 0.3) is 10.0 Å². The minimum Gasteiger partial charge on any atom is -0.273 e. The molecule has 1 aliphatic heterocycles. The van der Waals surface area contributed by atoms with Crippen molar-refractivity contribution in [3.63, 3.8) is 0 Å². The molecule has 0 saturated heterocycles. The Morgan fingerprint density at radius 2 is 1.37 bits per heavy atom. The van der Waals surface area contributed by atoms with Gasteiger partial charge in [-0.1, -0.05) is 83.9 Å². The first-order valence-electron chi connectivity index (χ1n) is 9.83. The lowest BCUT2D eigenvalue weighted by molar-refractivity contribution is -0.126. The van der Waals surface area contributed by atoms with E-state index in [0.29, 0.717) is 0 Å². The van der Waals surface area contributed by atoms with Gasteiger partial charge in [-0.2, -0.15) is 0 Å². The van der Waals surface area contributed by atoms with Gasteiger partial charge in [-0.25, -0.2) is 12.7 Å². The Balaban J connectivity index is 1.81. The molecule has 5 heteroatoms. The van der Waals surface area contributed by atoms with Crippen LogP contribution in [0.15, 0.2) is 89.8 Å². The van der Waals surface area contributed by atoms with E-state index < -0.39 is 21.8 Å². The van der Waals surface area contributed by atoms with Crippen molar-refractivity contribution in [2.45, 2.75) is 24.7 Å². The van der Waals surface area contributed by atoms with E-state index in [2.05, 4.69) is 0 Å². The summed E-state index contributed by atoms with van der Waals surface area (Å²) in [6, 6.07) is 23.9. The number of benzene rings is 3. The van der Waals surface area contributed by atoms with Crippen LogP contribution < -0.4 is 0 Å². The number of sulfonamides is 1. The van der Waals surface area contributed by atoms with Gasteiger partial charge >= 0.3 is 0 Å². The molecule has 1 aliphatic rings. The van der Waals surface area contributed by atoms with Crippen LogP contribution in [0.4, 0.5) is 0 Å². The van der Waals surface area contributed by atoms with Gasteiger partial charge in [0.1, 0.15) is 0 Å². The van der Waals surface area contributed by atoms with Crippen molar-refractivity contribution in [1.82, 2.24) is 4.31 Å². The Morgan fingerprint density at radius 1 is 0.800 bits per heavy atom. The second-order valence-corrected chi connectivity index (χ2v) is 9.42. The molecule has 0 radical (unpaired) electrons. The third-order valence-corrected chi connectivity index (χ3v) is 7.18. The van der Waals surface area contributed by atoms with Gasteiger partial charge in [0, 0.05) is 0 Å². The average Bonchev–Trinajstić information content (AvgIpc) is 2.75. The van der Waals surface area contributed by atoms with Crippen LogP contribution in [0.5, 0.6) is 0 Å². The quantitative estimate of drug-likeness (QED) is 0.618. The van der Waals surface area contributed by atoms with E-state index in [-0.39, 0.29) is 11.4 Å².